The van der Waals surface area contributed by atoms with Crippen molar-refractivity contribution in [2.75, 3.05) is 31.2 Å². The molecule has 0 saturated carbocycles. The van der Waals surface area contributed by atoms with Gasteiger partial charge in [0, 0.05) is 37.3 Å². The Morgan fingerprint density at radius 2 is 2.25 bits per heavy atom. The first-order valence-corrected chi connectivity index (χ1v) is 9.21. The number of rotatable bonds is 3. The van der Waals surface area contributed by atoms with Crippen LogP contribution in [0.15, 0.2) is 30.9 Å². The van der Waals surface area contributed by atoms with Crippen molar-refractivity contribution >= 4 is 40.5 Å². The van der Waals surface area contributed by atoms with Crippen LogP contribution in [0.1, 0.15) is 5.56 Å². The first-order chi connectivity index (χ1) is 13.4. The van der Waals surface area contributed by atoms with Gasteiger partial charge in [-0.05, 0) is 23.8 Å². The smallest absolute Gasteiger partial charge is 0.269 e. The number of benzene rings is 1. The average molecular weight is 402 g/mol. The fraction of sp³-hybridized carbons (Fsp3) is 0.389. The molecule has 1 spiro atoms. The SMILES string of the molecule is C=CCN1C(=O)[C@]2(Cc3cc([N+](=O)[O-])ccc3N3CCOC[C@@H]32)C(=O)NC1=S. The van der Waals surface area contributed by atoms with Gasteiger partial charge in [-0.2, -0.15) is 0 Å². The minimum absolute atomic E-state index is 0.0358. The van der Waals surface area contributed by atoms with Crippen LogP contribution < -0.4 is 10.2 Å². The number of nitrogens with one attached hydrogen (secondary N) is 1. The number of nitro benzene ring substituents is 1. The van der Waals surface area contributed by atoms with Crippen LogP contribution in [0.3, 0.4) is 0 Å². The summed E-state index contributed by atoms with van der Waals surface area (Å²) in [6.45, 7) is 4.92. The highest BCUT2D eigenvalue weighted by Crippen LogP contribution is 2.46. The monoisotopic (exact) mass is 402 g/mol. The van der Waals surface area contributed by atoms with Crippen LogP contribution in [0.4, 0.5) is 11.4 Å². The van der Waals surface area contributed by atoms with E-state index in [1.165, 1.54) is 23.1 Å². The maximum atomic E-state index is 13.5. The van der Waals surface area contributed by atoms with E-state index in [9.17, 15) is 19.7 Å². The molecule has 2 fully saturated rings. The molecule has 28 heavy (non-hydrogen) atoms. The van der Waals surface area contributed by atoms with Gasteiger partial charge in [0.15, 0.2) is 10.5 Å². The number of morpholine rings is 1. The Kier molecular flexibility index (Phi) is 4.39. The standard InChI is InChI=1S/C18H18N4O5S/c1-2-5-21-16(24)18(15(23)19-17(21)28)9-11-8-12(22(25)26)3-4-13(11)20-6-7-27-10-14(18)20/h2-4,8,14H,1,5-7,9-10H2,(H,19,23,28)/t14-,18+/m1/s1. The van der Waals surface area contributed by atoms with Crippen molar-refractivity contribution in [1.82, 2.24) is 10.2 Å². The van der Waals surface area contributed by atoms with Gasteiger partial charge < -0.3 is 15.0 Å². The molecule has 4 rings (SSSR count). The molecule has 0 unspecified atom stereocenters. The third-order valence-electron chi connectivity index (χ3n) is 5.56. The van der Waals surface area contributed by atoms with Gasteiger partial charge in [-0.25, -0.2) is 0 Å². The van der Waals surface area contributed by atoms with Crippen molar-refractivity contribution in [3.05, 3.63) is 46.5 Å². The minimum atomic E-state index is -1.48. The zero-order valence-corrected chi connectivity index (χ0v) is 15.7. The van der Waals surface area contributed by atoms with Crippen molar-refractivity contribution in [3.8, 4) is 0 Å². The van der Waals surface area contributed by atoms with Gasteiger partial charge in [0.25, 0.3) is 5.69 Å². The molecule has 9 nitrogen and oxygen atoms in total. The summed E-state index contributed by atoms with van der Waals surface area (Å²) in [5.41, 5.74) is -0.188. The summed E-state index contributed by atoms with van der Waals surface area (Å²) < 4.78 is 5.61. The molecule has 0 radical (unpaired) electrons. The summed E-state index contributed by atoms with van der Waals surface area (Å²) in [5, 5.41) is 13.9. The molecule has 1 aromatic carbocycles. The van der Waals surface area contributed by atoms with Gasteiger partial charge >= 0.3 is 0 Å². The van der Waals surface area contributed by atoms with E-state index in [-0.39, 0.29) is 30.4 Å². The largest absolute Gasteiger partial charge is 0.377 e. The second-order valence-corrected chi connectivity index (χ2v) is 7.35. The normalized spacial score (nSPS) is 26.6. The number of hydrogen-bond donors (Lipinski definition) is 1. The quantitative estimate of drug-likeness (QED) is 0.262. The zero-order valence-electron chi connectivity index (χ0n) is 14.9. The van der Waals surface area contributed by atoms with Crippen LogP contribution in [0.2, 0.25) is 0 Å². The summed E-state index contributed by atoms with van der Waals surface area (Å²) in [4.78, 5) is 40.7. The predicted molar refractivity (Wildman–Crippen MR) is 104 cm³/mol. The fourth-order valence-electron chi connectivity index (χ4n) is 4.28. The van der Waals surface area contributed by atoms with Crippen LogP contribution in [-0.2, 0) is 20.7 Å². The lowest BCUT2D eigenvalue weighted by Gasteiger charge is -2.53. The fourth-order valence-corrected chi connectivity index (χ4v) is 4.53. The Labute approximate surface area is 166 Å². The first-order valence-electron chi connectivity index (χ1n) is 8.80. The second kappa shape index (κ2) is 6.64. The van der Waals surface area contributed by atoms with E-state index in [1.807, 2.05) is 4.90 Å². The highest BCUT2D eigenvalue weighted by Gasteiger charge is 2.61. The molecule has 2 saturated heterocycles. The number of nitrogens with zero attached hydrogens (tertiary/aromatic N) is 3. The Bertz CT molecular complexity index is 919. The molecule has 2 atom stereocenters. The van der Waals surface area contributed by atoms with Crippen LogP contribution in [-0.4, -0.2) is 59.1 Å². The number of carbonyl (C=O) groups excluding carboxylic acids is 2. The lowest BCUT2D eigenvalue weighted by atomic mass is 9.68. The molecule has 2 amide bonds. The van der Waals surface area contributed by atoms with Crippen molar-refractivity contribution < 1.29 is 19.2 Å². The number of thiocarbonyl (C=S) groups is 1. The highest BCUT2D eigenvalue weighted by molar-refractivity contribution is 7.80. The second-order valence-electron chi connectivity index (χ2n) is 6.97. The van der Waals surface area contributed by atoms with E-state index in [2.05, 4.69) is 11.9 Å². The molecule has 3 aliphatic heterocycles. The highest BCUT2D eigenvalue weighted by atomic mass is 32.1. The van der Waals surface area contributed by atoms with E-state index in [0.29, 0.717) is 18.7 Å². The third-order valence-corrected chi connectivity index (χ3v) is 5.88. The van der Waals surface area contributed by atoms with E-state index in [4.69, 9.17) is 17.0 Å². The van der Waals surface area contributed by atoms with Crippen molar-refractivity contribution in [1.29, 1.82) is 0 Å². The Morgan fingerprint density at radius 1 is 1.46 bits per heavy atom. The maximum Gasteiger partial charge on any atom is 0.269 e. The molecule has 3 aliphatic rings. The first kappa shape index (κ1) is 18.5. The summed E-state index contributed by atoms with van der Waals surface area (Å²) in [7, 11) is 0. The Morgan fingerprint density at radius 3 is 2.96 bits per heavy atom. The van der Waals surface area contributed by atoms with Crippen LogP contribution in [0.25, 0.3) is 0 Å². The van der Waals surface area contributed by atoms with Crippen molar-refractivity contribution in [3.63, 3.8) is 0 Å². The van der Waals surface area contributed by atoms with E-state index >= 15 is 0 Å². The summed E-state index contributed by atoms with van der Waals surface area (Å²) in [6.07, 6.45) is 1.57. The lowest BCUT2D eigenvalue weighted by Crippen LogP contribution is -2.73. The van der Waals surface area contributed by atoms with Gasteiger partial charge in [0.05, 0.1) is 24.2 Å². The number of hydrogen-bond acceptors (Lipinski definition) is 7. The van der Waals surface area contributed by atoms with Gasteiger partial charge in [-0.1, -0.05) is 6.08 Å². The molecule has 146 valence electrons. The van der Waals surface area contributed by atoms with Crippen LogP contribution in [0, 0.1) is 15.5 Å². The summed E-state index contributed by atoms with van der Waals surface area (Å²) in [6, 6.07) is 4.02. The topological polar surface area (TPSA) is 105 Å². The minimum Gasteiger partial charge on any atom is -0.377 e. The van der Waals surface area contributed by atoms with Gasteiger partial charge in [0.1, 0.15) is 0 Å². The lowest BCUT2D eigenvalue weighted by molar-refractivity contribution is -0.384. The molecular weight excluding hydrogens is 384 g/mol. The number of carbonyl (C=O) groups is 2. The van der Waals surface area contributed by atoms with E-state index in [1.54, 1.807) is 6.07 Å². The molecule has 0 aliphatic carbocycles. The molecule has 1 aromatic rings. The number of amides is 2. The molecule has 10 heteroatoms. The zero-order chi connectivity index (χ0) is 20.1. The van der Waals surface area contributed by atoms with Crippen LogP contribution in [0.5, 0.6) is 0 Å². The summed E-state index contributed by atoms with van der Waals surface area (Å²) >= 11 is 5.17. The summed E-state index contributed by atoms with van der Waals surface area (Å²) in [5.74, 6) is -0.931. The number of ether oxygens (including phenoxy) is 1. The molecule has 3 heterocycles. The van der Waals surface area contributed by atoms with Crippen molar-refractivity contribution in [2.24, 2.45) is 5.41 Å². The van der Waals surface area contributed by atoms with Gasteiger partial charge in [-0.3, -0.25) is 24.6 Å². The third kappa shape index (κ3) is 2.52. The Balaban J connectivity index is 1.88. The van der Waals surface area contributed by atoms with Gasteiger partial charge in [0.2, 0.25) is 11.8 Å². The predicted octanol–water partition coefficient (Wildman–Crippen LogP) is 0.772. The van der Waals surface area contributed by atoms with Crippen LogP contribution >= 0.6 is 12.2 Å². The molecular formula is C18H18N4O5S. The van der Waals surface area contributed by atoms with Crippen molar-refractivity contribution in [2.45, 2.75) is 12.5 Å². The average Bonchev–Trinajstić information content (AvgIpc) is 2.69. The molecule has 0 bridgehead atoms. The molecule has 0 aromatic heterocycles. The number of anilines is 1. The van der Waals surface area contributed by atoms with E-state index < -0.39 is 28.2 Å². The number of nitro groups is 1. The Hall–Kier alpha value is -2.85. The van der Waals surface area contributed by atoms with E-state index in [0.717, 1.165) is 5.69 Å². The number of non-ortho nitro benzene ring substituents is 1. The maximum absolute atomic E-state index is 13.5. The molecule has 1 N–H and O–H groups in total. The number of fused-ring (bicyclic) bond motifs is 4. The van der Waals surface area contributed by atoms with Gasteiger partial charge in [-0.15, -0.1) is 6.58 Å².